The number of thiocarbonyl (C=S) groups is 2. The molecule has 0 bridgehead atoms. The zero-order valence-corrected chi connectivity index (χ0v) is 17.6. The molecule has 4 N–H and O–H groups in total. The maximum atomic E-state index is 5.21. The molecule has 0 aliphatic rings. The van der Waals surface area contributed by atoms with Crippen LogP contribution in [0.3, 0.4) is 0 Å². The summed E-state index contributed by atoms with van der Waals surface area (Å²) in [5.74, 6) is 0. The molecule has 0 saturated carbocycles. The van der Waals surface area contributed by atoms with Crippen molar-refractivity contribution in [1.29, 1.82) is 0 Å². The molecule has 0 aromatic heterocycles. The van der Waals surface area contributed by atoms with Gasteiger partial charge >= 0.3 is 0 Å². The Balaban J connectivity index is 1.42. The molecule has 0 heterocycles. The highest BCUT2D eigenvalue weighted by atomic mass is 32.1. The Morgan fingerprint density at radius 1 is 0.567 bits per heavy atom. The van der Waals surface area contributed by atoms with E-state index in [1.165, 1.54) is 0 Å². The van der Waals surface area contributed by atoms with E-state index in [-0.39, 0.29) is 0 Å². The lowest BCUT2D eigenvalue weighted by atomic mass is 10.2. The third-order valence-corrected chi connectivity index (χ3v) is 4.15. The molecule has 3 aromatic rings. The molecule has 0 amide bonds. The molecule has 0 radical (unpaired) electrons. The van der Waals surface area contributed by atoms with Crippen LogP contribution in [-0.2, 0) is 0 Å². The topological polar surface area (TPSA) is 72.8 Å². The molecule has 30 heavy (non-hydrogen) atoms. The van der Waals surface area contributed by atoms with Gasteiger partial charge < -0.3 is 10.6 Å². The minimum atomic E-state index is 0.423. The molecule has 0 spiro atoms. The molecule has 0 fully saturated rings. The SMILES string of the molecule is S=C(NN=Cc1ccc(C=NNC(=S)Nc2ccccc2)cc1)Nc1ccccc1. The van der Waals surface area contributed by atoms with Gasteiger partial charge in [0.1, 0.15) is 0 Å². The van der Waals surface area contributed by atoms with Gasteiger partial charge in [-0.1, -0.05) is 60.7 Å². The van der Waals surface area contributed by atoms with Crippen molar-refractivity contribution in [3.05, 3.63) is 96.1 Å². The lowest BCUT2D eigenvalue weighted by molar-refractivity contribution is 1.05. The largest absolute Gasteiger partial charge is 0.331 e. The second-order valence-electron chi connectivity index (χ2n) is 6.05. The molecule has 3 aromatic carbocycles. The van der Waals surface area contributed by atoms with Crippen LogP contribution < -0.4 is 21.5 Å². The molecule has 0 saturated heterocycles. The van der Waals surface area contributed by atoms with Gasteiger partial charge in [0.2, 0.25) is 0 Å². The van der Waals surface area contributed by atoms with E-state index < -0.39 is 0 Å². The van der Waals surface area contributed by atoms with E-state index in [4.69, 9.17) is 24.4 Å². The van der Waals surface area contributed by atoms with Crippen molar-refractivity contribution in [3.8, 4) is 0 Å². The first-order valence-corrected chi connectivity index (χ1v) is 9.91. The summed E-state index contributed by atoms with van der Waals surface area (Å²) in [6.45, 7) is 0. The number of rotatable bonds is 6. The van der Waals surface area contributed by atoms with Crippen LogP contribution >= 0.6 is 24.4 Å². The summed E-state index contributed by atoms with van der Waals surface area (Å²) in [7, 11) is 0. The van der Waals surface area contributed by atoms with E-state index >= 15 is 0 Å². The quantitative estimate of drug-likeness (QED) is 0.264. The van der Waals surface area contributed by atoms with Crippen molar-refractivity contribution in [1.82, 2.24) is 10.9 Å². The number of para-hydroxylation sites is 2. The molecule has 6 nitrogen and oxygen atoms in total. The van der Waals surface area contributed by atoms with Gasteiger partial charge in [-0.05, 0) is 59.8 Å². The Morgan fingerprint density at radius 2 is 0.933 bits per heavy atom. The van der Waals surface area contributed by atoms with Crippen LogP contribution in [0.2, 0.25) is 0 Å². The van der Waals surface area contributed by atoms with Crippen LogP contribution in [0.4, 0.5) is 11.4 Å². The van der Waals surface area contributed by atoms with Crippen LogP contribution in [0, 0.1) is 0 Å². The number of hydrogen-bond donors (Lipinski definition) is 4. The zero-order valence-electron chi connectivity index (χ0n) is 15.9. The predicted octanol–water partition coefficient (Wildman–Crippen LogP) is 4.33. The zero-order chi connectivity index (χ0) is 21.0. The summed E-state index contributed by atoms with van der Waals surface area (Å²) in [4.78, 5) is 0. The van der Waals surface area contributed by atoms with Crippen molar-refractivity contribution in [2.75, 3.05) is 10.6 Å². The monoisotopic (exact) mass is 432 g/mol. The van der Waals surface area contributed by atoms with Crippen molar-refractivity contribution in [2.24, 2.45) is 10.2 Å². The van der Waals surface area contributed by atoms with Crippen LogP contribution in [0.25, 0.3) is 0 Å². The van der Waals surface area contributed by atoms with Gasteiger partial charge in [-0.15, -0.1) is 0 Å². The minimum absolute atomic E-state index is 0.423. The van der Waals surface area contributed by atoms with Crippen LogP contribution in [-0.4, -0.2) is 22.7 Å². The third kappa shape index (κ3) is 7.42. The van der Waals surface area contributed by atoms with Gasteiger partial charge in [0.05, 0.1) is 12.4 Å². The summed E-state index contributed by atoms with van der Waals surface area (Å²) >= 11 is 10.4. The van der Waals surface area contributed by atoms with Gasteiger partial charge in [-0.25, -0.2) is 0 Å². The molecular formula is C22H20N6S2. The maximum Gasteiger partial charge on any atom is 0.191 e. The number of nitrogens with zero attached hydrogens (tertiary/aromatic N) is 2. The van der Waals surface area contributed by atoms with Crippen LogP contribution in [0.1, 0.15) is 11.1 Å². The van der Waals surface area contributed by atoms with Gasteiger partial charge in [-0.3, -0.25) is 10.9 Å². The first-order chi connectivity index (χ1) is 14.7. The summed E-state index contributed by atoms with van der Waals surface area (Å²) in [5.41, 5.74) is 9.25. The Morgan fingerprint density at radius 3 is 1.30 bits per heavy atom. The van der Waals surface area contributed by atoms with E-state index in [1.807, 2.05) is 84.9 Å². The van der Waals surface area contributed by atoms with E-state index in [0.29, 0.717) is 10.2 Å². The predicted molar refractivity (Wildman–Crippen MR) is 133 cm³/mol. The molecular weight excluding hydrogens is 412 g/mol. The fourth-order valence-corrected chi connectivity index (χ4v) is 2.70. The lowest BCUT2D eigenvalue weighted by Crippen LogP contribution is -2.23. The van der Waals surface area contributed by atoms with Crippen LogP contribution in [0.15, 0.2) is 95.1 Å². The Bertz CT molecular complexity index is 934. The van der Waals surface area contributed by atoms with Crippen molar-refractivity contribution >= 4 is 58.5 Å². The minimum Gasteiger partial charge on any atom is -0.331 e. The van der Waals surface area contributed by atoms with Gasteiger partial charge in [-0.2, -0.15) is 10.2 Å². The Kier molecular flexibility index (Phi) is 8.02. The maximum absolute atomic E-state index is 5.21. The van der Waals surface area contributed by atoms with Crippen molar-refractivity contribution < 1.29 is 0 Å². The highest BCUT2D eigenvalue weighted by Gasteiger charge is 1.96. The fraction of sp³-hybridized carbons (Fsp3) is 0. The highest BCUT2D eigenvalue weighted by molar-refractivity contribution is 7.80. The number of nitrogens with one attached hydrogen (secondary N) is 4. The van der Waals surface area contributed by atoms with Gasteiger partial charge in [0, 0.05) is 11.4 Å². The summed E-state index contributed by atoms with van der Waals surface area (Å²) in [5, 5.41) is 15.2. The molecule has 3 rings (SSSR count). The average Bonchev–Trinajstić information content (AvgIpc) is 2.76. The van der Waals surface area contributed by atoms with E-state index in [0.717, 1.165) is 22.5 Å². The average molecular weight is 433 g/mol. The summed E-state index contributed by atoms with van der Waals surface area (Å²) in [6.07, 6.45) is 3.38. The molecule has 0 aliphatic heterocycles. The lowest BCUT2D eigenvalue weighted by Gasteiger charge is -2.06. The Hall–Kier alpha value is -3.62. The molecule has 0 aliphatic carbocycles. The normalized spacial score (nSPS) is 10.7. The highest BCUT2D eigenvalue weighted by Crippen LogP contribution is 2.05. The fourth-order valence-electron chi connectivity index (χ4n) is 2.36. The number of benzene rings is 3. The Labute approximate surface area is 186 Å². The third-order valence-electron chi connectivity index (χ3n) is 3.76. The second-order valence-corrected chi connectivity index (χ2v) is 6.86. The van der Waals surface area contributed by atoms with Crippen molar-refractivity contribution in [2.45, 2.75) is 0 Å². The summed E-state index contributed by atoms with van der Waals surface area (Å²) < 4.78 is 0. The van der Waals surface area contributed by atoms with Crippen LogP contribution in [0.5, 0.6) is 0 Å². The first kappa shape index (κ1) is 21.1. The standard InChI is InChI=1S/C22H20N6S2/c29-21(25-19-7-3-1-4-8-19)27-23-15-17-11-13-18(14-12-17)16-24-28-22(30)26-20-9-5-2-6-10-20/h1-16H,(H2,25,27,29)(H2,26,28,30). The van der Waals surface area contributed by atoms with E-state index in [9.17, 15) is 0 Å². The second kappa shape index (κ2) is 11.4. The van der Waals surface area contributed by atoms with Gasteiger partial charge in [0.15, 0.2) is 10.2 Å². The molecule has 0 unspecified atom stereocenters. The number of hydrogen-bond acceptors (Lipinski definition) is 4. The van der Waals surface area contributed by atoms with Crippen molar-refractivity contribution in [3.63, 3.8) is 0 Å². The molecule has 8 heteroatoms. The smallest absolute Gasteiger partial charge is 0.191 e. The number of anilines is 2. The summed E-state index contributed by atoms with van der Waals surface area (Å²) in [6, 6.07) is 27.1. The van der Waals surface area contributed by atoms with Gasteiger partial charge in [0.25, 0.3) is 0 Å². The van der Waals surface area contributed by atoms with E-state index in [2.05, 4.69) is 31.7 Å². The molecule has 0 atom stereocenters. The first-order valence-electron chi connectivity index (χ1n) is 9.09. The number of hydrazone groups is 2. The molecule has 150 valence electrons. The van der Waals surface area contributed by atoms with E-state index in [1.54, 1.807) is 12.4 Å².